The minimum Gasteiger partial charge on any atom is -0.354 e. The van der Waals surface area contributed by atoms with Crippen LogP contribution in [0, 0.1) is 6.92 Å². The summed E-state index contributed by atoms with van der Waals surface area (Å²) in [5, 5.41) is 0. The molecule has 2 aliphatic rings. The highest BCUT2D eigenvalue weighted by Crippen LogP contribution is 2.21. The lowest BCUT2D eigenvalue weighted by molar-refractivity contribution is 0.0750. The summed E-state index contributed by atoms with van der Waals surface area (Å²) in [6.45, 7) is 8.93. The van der Waals surface area contributed by atoms with Gasteiger partial charge in [-0.15, -0.1) is 11.3 Å². The first-order valence-electron chi connectivity index (χ1n) is 9.31. The number of aryl methyl sites for hydroxylation is 1. The van der Waals surface area contributed by atoms with Gasteiger partial charge in [-0.25, -0.2) is 15.0 Å². The van der Waals surface area contributed by atoms with Crippen molar-refractivity contribution >= 4 is 28.9 Å². The van der Waals surface area contributed by atoms with Crippen molar-refractivity contribution in [3.8, 4) is 0 Å². The SMILES string of the molecule is Cc1ncsc1C(=O)N1CCN(c2cc(N3CCN(C)CC3)ncn2)CC1. The van der Waals surface area contributed by atoms with E-state index in [1.165, 1.54) is 11.3 Å². The second-order valence-corrected chi connectivity index (χ2v) is 7.93. The van der Waals surface area contributed by atoms with Crippen LogP contribution in [-0.2, 0) is 0 Å². The van der Waals surface area contributed by atoms with Crippen molar-refractivity contribution in [2.24, 2.45) is 0 Å². The molecule has 0 radical (unpaired) electrons. The number of anilines is 2. The molecule has 27 heavy (non-hydrogen) atoms. The van der Waals surface area contributed by atoms with E-state index in [2.05, 4.69) is 42.8 Å². The molecular formula is C18H25N7OS. The van der Waals surface area contributed by atoms with Gasteiger partial charge in [0, 0.05) is 58.4 Å². The Hall–Kier alpha value is -2.26. The van der Waals surface area contributed by atoms with E-state index < -0.39 is 0 Å². The molecule has 2 aromatic heterocycles. The molecule has 0 aromatic carbocycles. The predicted molar refractivity (Wildman–Crippen MR) is 107 cm³/mol. The topological polar surface area (TPSA) is 68.7 Å². The Bertz CT molecular complexity index is 795. The molecule has 0 aliphatic carbocycles. The molecule has 2 saturated heterocycles. The van der Waals surface area contributed by atoms with E-state index in [4.69, 9.17) is 0 Å². The van der Waals surface area contributed by atoms with Gasteiger partial charge in [-0.3, -0.25) is 4.79 Å². The van der Waals surface area contributed by atoms with Gasteiger partial charge < -0.3 is 19.6 Å². The van der Waals surface area contributed by atoms with Crippen molar-refractivity contribution in [3.05, 3.63) is 28.5 Å². The lowest BCUT2D eigenvalue weighted by Crippen LogP contribution is -2.49. The highest BCUT2D eigenvalue weighted by Gasteiger charge is 2.25. The van der Waals surface area contributed by atoms with Gasteiger partial charge in [0.15, 0.2) is 0 Å². The number of hydrogen-bond donors (Lipinski definition) is 0. The van der Waals surface area contributed by atoms with Gasteiger partial charge >= 0.3 is 0 Å². The van der Waals surface area contributed by atoms with Crippen LogP contribution < -0.4 is 9.80 Å². The van der Waals surface area contributed by atoms with E-state index in [1.807, 2.05) is 11.8 Å². The van der Waals surface area contributed by atoms with Crippen molar-refractivity contribution in [1.29, 1.82) is 0 Å². The van der Waals surface area contributed by atoms with Crippen LogP contribution in [0.5, 0.6) is 0 Å². The molecule has 0 saturated carbocycles. The molecule has 8 nitrogen and oxygen atoms in total. The first-order valence-corrected chi connectivity index (χ1v) is 10.2. The Balaban J connectivity index is 1.39. The average Bonchev–Trinajstić information content (AvgIpc) is 3.14. The Labute approximate surface area is 163 Å². The number of likely N-dealkylation sites (N-methyl/N-ethyl adjacent to an activating group) is 1. The first-order chi connectivity index (χ1) is 13.1. The first kappa shape index (κ1) is 18.1. The molecule has 0 bridgehead atoms. The van der Waals surface area contributed by atoms with E-state index >= 15 is 0 Å². The number of piperazine rings is 2. The van der Waals surface area contributed by atoms with Gasteiger partial charge in [0.05, 0.1) is 11.2 Å². The van der Waals surface area contributed by atoms with E-state index in [9.17, 15) is 4.79 Å². The average molecular weight is 388 g/mol. The molecule has 0 atom stereocenters. The van der Waals surface area contributed by atoms with Gasteiger partial charge in [0.1, 0.15) is 22.8 Å². The minimum atomic E-state index is 0.0930. The normalized spacial score (nSPS) is 18.8. The highest BCUT2D eigenvalue weighted by atomic mass is 32.1. The van der Waals surface area contributed by atoms with Gasteiger partial charge in [-0.05, 0) is 14.0 Å². The van der Waals surface area contributed by atoms with E-state index in [0.29, 0.717) is 13.1 Å². The molecule has 0 spiro atoms. The number of carbonyl (C=O) groups excluding carboxylic acids is 1. The molecule has 4 rings (SSSR count). The van der Waals surface area contributed by atoms with Crippen LogP contribution in [0.1, 0.15) is 15.4 Å². The number of nitrogens with zero attached hydrogens (tertiary/aromatic N) is 7. The highest BCUT2D eigenvalue weighted by molar-refractivity contribution is 7.11. The third-order valence-electron chi connectivity index (χ3n) is 5.30. The zero-order valence-corrected chi connectivity index (χ0v) is 16.7. The number of amides is 1. The zero-order chi connectivity index (χ0) is 18.8. The summed E-state index contributed by atoms with van der Waals surface area (Å²) in [6, 6.07) is 2.08. The van der Waals surface area contributed by atoms with Crippen LogP contribution >= 0.6 is 11.3 Å². The summed E-state index contributed by atoms with van der Waals surface area (Å²) in [7, 11) is 2.15. The van der Waals surface area contributed by atoms with E-state index in [0.717, 1.165) is 61.5 Å². The zero-order valence-electron chi connectivity index (χ0n) is 15.8. The van der Waals surface area contributed by atoms with E-state index in [1.54, 1.807) is 11.8 Å². The molecular weight excluding hydrogens is 362 g/mol. The summed E-state index contributed by atoms with van der Waals surface area (Å²) in [6.07, 6.45) is 1.65. The summed E-state index contributed by atoms with van der Waals surface area (Å²) >= 11 is 1.42. The molecule has 9 heteroatoms. The second-order valence-electron chi connectivity index (χ2n) is 7.07. The number of carbonyl (C=O) groups is 1. The van der Waals surface area contributed by atoms with Gasteiger partial charge in [-0.2, -0.15) is 0 Å². The van der Waals surface area contributed by atoms with Crippen LogP contribution in [0.2, 0.25) is 0 Å². The molecule has 144 valence electrons. The largest absolute Gasteiger partial charge is 0.354 e. The van der Waals surface area contributed by atoms with Crippen LogP contribution in [0.4, 0.5) is 11.6 Å². The van der Waals surface area contributed by atoms with E-state index in [-0.39, 0.29) is 5.91 Å². The molecule has 2 aromatic rings. The Morgan fingerprint density at radius 3 is 2.07 bits per heavy atom. The predicted octanol–water partition coefficient (Wildman–Crippen LogP) is 0.956. The number of rotatable bonds is 3. The van der Waals surface area contributed by atoms with Crippen molar-refractivity contribution in [2.75, 3.05) is 69.2 Å². The van der Waals surface area contributed by atoms with Crippen LogP contribution in [0.15, 0.2) is 17.9 Å². The van der Waals surface area contributed by atoms with Gasteiger partial charge in [-0.1, -0.05) is 0 Å². The van der Waals surface area contributed by atoms with Crippen LogP contribution in [0.3, 0.4) is 0 Å². The van der Waals surface area contributed by atoms with Gasteiger partial charge in [0.2, 0.25) is 0 Å². The lowest BCUT2D eigenvalue weighted by atomic mass is 10.2. The fourth-order valence-electron chi connectivity index (χ4n) is 3.51. The molecule has 4 heterocycles. The third-order valence-corrected chi connectivity index (χ3v) is 6.21. The fourth-order valence-corrected chi connectivity index (χ4v) is 4.28. The summed E-state index contributed by atoms with van der Waals surface area (Å²) in [4.78, 5) is 35.3. The maximum atomic E-state index is 12.7. The smallest absolute Gasteiger partial charge is 0.265 e. The number of thiazole rings is 1. The summed E-state index contributed by atoms with van der Waals surface area (Å²) < 4.78 is 0. The summed E-state index contributed by atoms with van der Waals surface area (Å²) in [5.41, 5.74) is 2.56. The Morgan fingerprint density at radius 2 is 1.52 bits per heavy atom. The lowest BCUT2D eigenvalue weighted by Gasteiger charge is -2.36. The van der Waals surface area contributed by atoms with Crippen LogP contribution in [0.25, 0.3) is 0 Å². The Morgan fingerprint density at radius 1 is 0.926 bits per heavy atom. The molecule has 0 unspecified atom stereocenters. The van der Waals surface area contributed by atoms with Crippen molar-refractivity contribution in [1.82, 2.24) is 24.8 Å². The second kappa shape index (κ2) is 7.77. The van der Waals surface area contributed by atoms with Crippen molar-refractivity contribution < 1.29 is 4.79 Å². The monoisotopic (exact) mass is 387 g/mol. The molecule has 2 aliphatic heterocycles. The van der Waals surface area contributed by atoms with Crippen molar-refractivity contribution in [3.63, 3.8) is 0 Å². The molecule has 2 fully saturated rings. The number of aromatic nitrogens is 3. The number of hydrogen-bond acceptors (Lipinski definition) is 8. The van der Waals surface area contributed by atoms with Crippen LogP contribution in [-0.4, -0.2) is 90.1 Å². The maximum Gasteiger partial charge on any atom is 0.265 e. The maximum absolute atomic E-state index is 12.7. The minimum absolute atomic E-state index is 0.0930. The Kier molecular flexibility index (Phi) is 5.22. The quantitative estimate of drug-likeness (QED) is 0.777. The third kappa shape index (κ3) is 3.89. The molecule has 0 N–H and O–H groups in total. The van der Waals surface area contributed by atoms with Gasteiger partial charge in [0.25, 0.3) is 5.91 Å². The van der Waals surface area contributed by atoms with Crippen molar-refractivity contribution in [2.45, 2.75) is 6.92 Å². The summed E-state index contributed by atoms with van der Waals surface area (Å²) in [5.74, 6) is 2.03. The fraction of sp³-hybridized carbons (Fsp3) is 0.556. The standard InChI is InChI=1S/C18H25N7OS/c1-14-17(27-13-21-14)18(26)25-9-7-24(8-10-25)16-11-15(19-12-20-16)23-5-3-22(2)4-6-23/h11-13H,3-10H2,1-2H3. The molecule has 1 amide bonds.